The largest absolute Gasteiger partial charge is 0.481 e. The van der Waals surface area contributed by atoms with Crippen molar-refractivity contribution in [1.82, 2.24) is 14.5 Å². The number of aromatic nitrogens is 2. The molecule has 1 N–H and O–H groups in total. The van der Waals surface area contributed by atoms with Crippen molar-refractivity contribution in [2.75, 3.05) is 13.6 Å². The number of hydrogen-bond donors (Lipinski definition) is 1. The number of carboxylic acids is 1. The van der Waals surface area contributed by atoms with Crippen LogP contribution in [0, 0.1) is 5.92 Å². The van der Waals surface area contributed by atoms with Crippen molar-refractivity contribution in [3.63, 3.8) is 0 Å². The third-order valence-electron chi connectivity index (χ3n) is 2.48. The lowest BCUT2D eigenvalue weighted by atomic mass is 10.2. The van der Waals surface area contributed by atoms with E-state index in [0.29, 0.717) is 0 Å². The predicted octanol–water partition coefficient (Wildman–Crippen LogP) is -0.578. The van der Waals surface area contributed by atoms with Gasteiger partial charge in [-0.05, 0) is 6.07 Å². The van der Waals surface area contributed by atoms with Crippen LogP contribution < -0.4 is 5.69 Å². The predicted molar refractivity (Wildman–Crippen MR) is 62.9 cm³/mol. The summed E-state index contributed by atoms with van der Waals surface area (Å²) in [6.07, 6.45) is 2.81. The zero-order valence-corrected chi connectivity index (χ0v) is 10.2. The highest BCUT2D eigenvalue weighted by molar-refractivity contribution is 5.77. The van der Waals surface area contributed by atoms with Crippen molar-refractivity contribution in [1.29, 1.82) is 0 Å². The van der Waals surface area contributed by atoms with E-state index in [0.717, 1.165) is 0 Å². The van der Waals surface area contributed by atoms with E-state index >= 15 is 0 Å². The molecule has 1 atom stereocenters. The first-order valence-electron chi connectivity index (χ1n) is 5.40. The van der Waals surface area contributed by atoms with E-state index in [2.05, 4.69) is 4.98 Å². The number of carbonyl (C=O) groups is 2. The van der Waals surface area contributed by atoms with Crippen LogP contribution >= 0.6 is 0 Å². The van der Waals surface area contributed by atoms with Gasteiger partial charge in [0, 0.05) is 26.0 Å². The molecule has 1 rings (SSSR count). The van der Waals surface area contributed by atoms with E-state index in [1.165, 1.54) is 35.8 Å². The van der Waals surface area contributed by atoms with Gasteiger partial charge in [0.25, 0.3) is 0 Å². The van der Waals surface area contributed by atoms with Crippen molar-refractivity contribution in [3.05, 3.63) is 28.9 Å². The molecule has 7 heteroatoms. The molecular formula is C11H15N3O4. The molecule has 1 amide bonds. The first-order chi connectivity index (χ1) is 8.41. The molecule has 0 fully saturated rings. The molecule has 0 radical (unpaired) electrons. The van der Waals surface area contributed by atoms with E-state index < -0.39 is 17.6 Å². The molecule has 0 aliphatic carbocycles. The first kappa shape index (κ1) is 13.9. The van der Waals surface area contributed by atoms with Crippen LogP contribution in [0.2, 0.25) is 0 Å². The van der Waals surface area contributed by atoms with Crippen molar-refractivity contribution in [3.8, 4) is 0 Å². The number of likely N-dealkylation sites (N-methyl/N-ethyl adjacent to an activating group) is 1. The van der Waals surface area contributed by atoms with Gasteiger partial charge in [0.1, 0.15) is 6.54 Å². The van der Waals surface area contributed by atoms with Crippen molar-refractivity contribution in [2.24, 2.45) is 5.92 Å². The Bertz CT molecular complexity index is 497. The van der Waals surface area contributed by atoms with Crippen LogP contribution in [0.15, 0.2) is 23.3 Å². The maximum atomic E-state index is 11.8. The molecule has 0 spiro atoms. The van der Waals surface area contributed by atoms with Gasteiger partial charge in [-0.3, -0.25) is 14.2 Å². The normalized spacial score (nSPS) is 11.9. The van der Waals surface area contributed by atoms with Gasteiger partial charge < -0.3 is 10.0 Å². The van der Waals surface area contributed by atoms with Crippen LogP contribution in [-0.4, -0.2) is 45.0 Å². The van der Waals surface area contributed by atoms with Crippen molar-refractivity contribution < 1.29 is 14.7 Å². The second kappa shape index (κ2) is 5.95. The second-order valence-electron chi connectivity index (χ2n) is 4.04. The fourth-order valence-electron chi connectivity index (χ4n) is 1.36. The summed E-state index contributed by atoms with van der Waals surface area (Å²) in [7, 11) is 1.50. The number of carboxylic acid groups (broad SMARTS) is 1. The first-order valence-corrected chi connectivity index (χ1v) is 5.40. The minimum Gasteiger partial charge on any atom is -0.481 e. The van der Waals surface area contributed by atoms with Crippen molar-refractivity contribution in [2.45, 2.75) is 13.5 Å². The van der Waals surface area contributed by atoms with Crippen LogP contribution in [0.3, 0.4) is 0 Å². The maximum Gasteiger partial charge on any atom is 0.347 e. The lowest BCUT2D eigenvalue weighted by molar-refractivity contribution is -0.142. The summed E-state index contributed by atoms with van der Waals surface area (Å²) in [5.74, 6) is -1.95. The fourth-order valence-corrected chi connectivity index (χ4v) is 1.36. The average Bonchev–Trinajstić information content (AvgIpc) is 2.31. The number of rotatable bonds is 5. The molecule has 7 nitrogen and oxygen atoms in total. The Morgan fingerprint density at radius 2 is 2.22 bits per heavy atom. The molecule has 98 valence electrons. The van der Waals surface area contributed by atoms with Gasteiger partial charge in [-0.15, -0.1) is 0 Å². The standard InChI is InChI=1S/C11H15N3O4/c1-8(10(16)17)6-13(2)9(15)7-14-5-3-4-12-11(14)18/h3-5,8H,6-7H2,1-2H3,(H,16,17). The minimum absolute atomic E-state index is 0.100. The van der Waals surface area contributed by atoms with E-state index in [-0.39, 0.29) is 19.0 Å². The molecule has 0 bridgehead atoms. The van der Waals surface area contributed by atoms with Gasteiger partial charge in [-0.25, -0.2) is 9.78 Å². The number of aliphatic carboxylic acids is 1. The molecule has 1 heterocycles. The summed E-state index contributed by atoms with van der Waals surface area (Å²) in [5.41, 5.74) is -0.509. The molecule has 0 aromatic carbocycles. The summed E-state index contributed by atoms with van der Waals surface area (Å²) >= 11 is 0. The SMILES string of the molecule is CC(CN(C)C(=O)Cn1cccnc1=O)C(=O)O. The van der Waals surface area contributed by atoms with Crippen LogP contribution in [0.5, 0.6) is 0 Å². The second-order valence-corrected chi connectivity index (χ2v) is 4.04. The molecular weight excluding hydrogens is 238 g/mol. The molecule has 0 aliphatic rings. The highest BCUT2D eigenvalue weighted by atomic mass is 16.4. The van der Waals surface area contributed by atoms with Crippen molar-refractivity contribution >= 4 is 11.9 Å². The minimum atomic E-state index is -0.965. The monoisotopic (exact) mass is 253 g/mol. The Hall–Kier alpha value is -2.18. The summed E-state index contributed by atoms with van der Waals surface area (Å²) in [6, 6.07) is 1.55. The zero-order valence-electron chi connectivity index (χ0n) is 10.2. The molecule has 1 aromatic rings. The topological polar surface area (TPSA) is 92.5 Å². The Balaban J connectivity index is 2.63. The zero-order chi connectivity index (χ0) is 13.7. The number of amides is 1. The number of nitrogens with zero attached hydrogens (tertiary/aromatic N) is 3. The lowest BCUT2D eigenvalue weighted by Gasteiger charge is -2.19. The Morgan fingerprint density at radius 3 is 2.78 bits per heavy atom. The van der Waals surface area contributed by atoms with E-state index in [1.54, 1.807) is 6.07 Å². The third-order valence-corrected chi connectivity index (χ3v) is 2.48. The molecule has 0 aliphatic heterocycles. The molecule has 0 saturated carbocycles. The summed E-state index contributed by atoms with van der Waals surface area (Å²) in [5, 5.41) is 8.74. The van der Waals surface area contributed by atoms with Gasteiger partial charge in [0.15, 0.2) is 0 Å². The number of hydrogen-bond acceptors (Lipinski definition) is 4. The van der Waals surface area contributed by atoms with Crippen LogP contribution in [0.4, 0.5) is 0 Å². The quantitative estimate of drug-likeness (QED) is 0.758. The van der Waals surface area contributed by atoms with Crippen LogP contribution in [-0.2, 0) is 16.1 Å². The van der Waals surface area contributed by atoms with Crippen LogP contribution in [0.1, 0.15) is 6.92 Å². The highest BCUT2D eigenvalue weighted by Crippen LogP contribution is 1.99. The smallest absolute Gasteiger partial charge is 0.347 e. The number of carbonyl (C=O) groups excluding carboxylic acids is 1. The molecule has 1 unspecified atom stereocenters. The summed E-state index contributed by atoms with van der Waals surface area (Å²) in [4.78, 5) is 38.5. The van der Waals surface area contributed by atoms with Gasteiger partial charge in [0.05, 0.1) is 5.92 Å². The summed E-state index contributed by atoms with van der Waals surface area (Å²) < 4.78 is 1.17. The molecule has 18 heavy (non-hydrogen) atoms. The van der Waals surface area contributed by atoms with Gasteiger partial charge in [0.2, 0.25) is 5.91 Å². The van der Waals surface area contributed by atoms with Crippen LogP contribution in [0.25, 0.3) is 0 Å². The summed E-state index contributed by atoms with van der Waals surface area (Å²) in [6.45, 7) is 1.47. The Kier molecular flexibility index (Phi) is 4.59. The lowest BCUT2D eigenvalue weighted by Crippen LogP contribution is -2.38. The fraction of sp³-hybridized carbons (Fsp3) is 0.455. The van der Waals surface area contributed by atoms with E-state index in [9.17, 15) is 14.4 Å². The average molecular weight is 253 g/mol. The highest BCUT2D eigenvalue weighted by Gasteiger charge is 2.17. The maximum absolute atomic E-state index is 11.8. The molecule has 0 saturated heterocycles. The molecule has 1 aromatic heterocycles. The van der Waals surface area contributed by atoms with E-state index in [4.69, 9.17) is 5.11 Å². The van der Waals surface area contributed by atoms with E-state index in [1.807, 2.05) is 0 Å². The van der Waals surface area contributed by atoms with Gasteiger partial charge in [-0.1, -0.05) is 6.92 Å². The Morgan fingerprint density at radius 1 is 1.56 bits per heavy atom. The third kappa shape index (κ3) is 3.69. The Labute approximate surface area is 104 Å². The van der Waals surface area contributed by atoms with Gasteiger partial charge in [-0.2, -0.15) is 0 Å². The van der Waals surface area contributed by atoms with Gasteiger partial charge >= 0.3 is 11.7 Å².